The molecule has 0 heterocycles. The molecule has 2 aromatic rings. The third kappa shape index (κ3) is 12.1. The van der Waals surface area contributed by atoms with Gasteiger partial charge >= 0.3 is 6.18 Å². The normalized spacial score (nSPS) is 13.8. The summed E-state index contributed by atoms with van der Waals surface area (Å²) in [4.78, 5) is 2.18. The molecule has 0 aromatic heterocycles. The van der Waals surface area contributed by atoms with Crippen molar-refractivity contribution >= 4 is 28.4 Å². The average molecular weight is 627 g/mol. The molecule has 0 spiro atoms. The van der Waals surface area contributed by atoms with Crippen LogP contribution in [0.4, 0.5) is 18.9 Å². The number of aryl methyl sites for hydroxylation is 1. The van der Waals surface area contributed by atoms with Gasteiger partial charge in [0, 0.05) is 36.1 Å². The van der Waals surface area contributed by atoms with Crippen LogP contribution >= 0.6 is 11.6 Å². The quantitative estimate of drug-likeness (QED) is 0.131. The van der Waals surface area contributed by atoms with E-state index in [2.05, 4.69) is 56.9 Å². The fourth-order valence-electron chi connectivity index (χ4n) is 5.37. The van der Waals surface area contributed by atoms with Gasteiger partial charge < -0.3 is 10.2 Å². The Labute approximate surface area is 269 Å². The Morgan fingerprint density at radius 1 is 1.07 bits per heavy atom. The van der Waals surface area contributed by atoms with Gasteiger partial charge in [0.1, 0.15) is 0 Å². The van der Waals surface area contributed by atoms with Crippen molar-refractivity contribution in [1.29, 1.82) is 0 Å². The highest BCUT2D eigenvalue weighted by Crippen LogP contribution is 2.34. The van der Waals surface area contributed by atoms with E-state index >= 15 is 0 Å². The predicted molar refractivity (Wildman–Crippen MR) is 186 cm³/mol. The molecule has 240 valence electrons. The van der Waals surface area contributed by atoms with E-state index in [0.717, 1.165) is 46.5 Å². The van der Waals surface area contributed by atoms with Crippen LogP contribution in [0.2, 0.25) is 5.02 Å². The van der Waals surface area contributed by atoms with E-state index in [9.17, 15) is 13.2 Å². The third-order valence-corrected chi connectivity index (χ3v) is 8.15. The number of hydrogen-bond acceptors (Lipinski definition) is 2. The van der Waals surface area contributed by atoms with Crippen molar-refractivity contribution in [2.24, 2.45) is 5.92 Å². The summed E-state index contributed by atoms with van der Waals surface area (Å²) in [5.74, 6) is 0.474. The van der Waals surface area contributed by atoms with Crippen molar-refractivity contribution in [1.82, 2.24) is 4.90 Å². The van der Waals surface area contributed by atoms with Crippen LogP contribution in [-0.4, -0.2) is 24.2 Å². The number of benzene rings is 2. The standard InChI is InChI=1S/C38H50ClF3N2/c1-9-12-13-15-28(6)24-37(29(7)43-34-20-17-31(18-21-34)27(4)5)44(8)26-30(11-3)35(14-10-2)36-25-33(39)19-16-32(36)22-23-38(40,41)42/h10,14,16-21,25-26,28,37,43H,2,4,7,9,11-13,15,22-24H2,1,3,5-6,8H3/b30-26-,35-14+. The number of alkyl halides is 3. The zero-order valence-electron chi connectivity index (χ0n) is 27.2. The molecule has 2 atom stereocenters. The number of allylic oxidation sites excluding steroid dienone is 5. The van der Waals surface area contributed by atoms with Crippen LogP contribution in [-0.2, 0) is 6.42 Å². The summed E-state index contributed by atoms with van der Waals surface area (Å²) in [6, 6.07) is 13.3. The number of unbranched alkanes of at least 4 members (excludes halogenated alkanes) is 2. The highest BCUT2D eigenvalue weighted by Gasteiger charge is 2.27. The molecule has 0 aliphatic heterocycles. The van der Waals surface area contributed by atoms with Crippen LogP contribution in [0.15, 0.2) is 91.8 Å². The van der Waals surface area contributed by atoms with Crippen LogP contribution in [0.5, 0.6) is 0 Å². The van der Waals surface area contributed by atoms with Crippen molar-refractivity contribution in [3.05, 3.63) is 114 Å². The number of rotatable bonds is 18. The molecule has 2 unspecified atom stereocenters. The molecule has 44 heavy (non-hydrogen) atoms. The molecule has 0 radical (unpaired) electrons. The lowest BCUT2D eigenvalue weighted by atomic mass is 9.90. The van der Waals surface area contributed by atoms with Gasteiger partial charge in [0.15, 0.2) is 0 Å². The Balaban J connectivity index is 2.48. The monoisotopic (exact) mass is 626 g/mol. The maximum Gasteiger partial charge on any atom is 0.389 e. The number of halogens is 4. The first kappa shape index (κ1) is 37.0. The van der Waals surface area contributed by atoms with Crippen LogP contribution in [0.25, 0.3) is 11.1 Å². The number of likely N-dealkylation sites (N-methyl/N-ethyl adjacent to an activating group) is 1. The van der Waals surface area contributed by atoms with E-state index in [1.807, 2.05) is 44.3 Å². The lowest BCUT2D eigenvalue weighted by molar-refractivity contribution is -0.134. The van der Waals surface area contributed by atoms with E-state index in [1.54, 1.807) is 24.3 Å². The highest BCUT2D eigenvalue weighted by molar-refractivity contribution is 6.30. The second kappa shape index (κ2) is 17.9. The number of hydrogen-bond donors (Lipinski definition) is 1. The third-order valence-electron chi connectivity index (χ3n) is 7.91. The van der Waals surface area contributed by atoms with Crippen molar-refractivity contribution in [2.45, 2.75) is 91.3 Å². The van der Waals surface area contributed by atoms with Crippen molar-refractivity contribution in [3.8, 4) is 0 Å². The van der Waals surface area contributed by atoms with E-state index in [0.29, 0.717) is 28.5 Å². The lowest BCUT2D eigenvalue weighted by Crippen LogP contribution is -2.33. The molecule has 6 heteroatoms. The van der Waals surface area contributed by atoms with E-state index in [-0.39, 0.29) is 12.5 Å². The van der Waals surface area contributed by atoms with Crippen LogP contribution in [0, 0.1) is 5.92 Å². The van der Waals surface area contributed by atoms with Gasteiger partial charge in [-0.3, -0.25) is 0 Å². The molecule has 0 fully saturated rings. The Hall–Kier alpha value is -3.18. The van der Waals surface area contributed by atoms with Crippen molar-refractivity contribution < 1.29 is 13.2 Å². The predicted octanol–water partition coefficient (Wildman–Crippen LogP) is 12.3. The smallest absolute Gasteiger partial charge is 0.372 e. The Morgan fingerprint density at radius 2 is 1.75 bits per heavy atom. The molecule has 0 bridgehead atoms. The minimum atomic E-state index is -4.25. The first-order valence-electron chi connectivity index (χ1n) is 15.6. The summed E-state index contributed by atoms with van der Waals surface area (Å²) in [7, 11) is 2.05. The zero-order valence-corrected chi connectivity index (χ0v) is 27.9. The van der Waals surface area contributed by atoms with Gasteiger partial charge in [0.2, 0.25) is 0 Å². The second-order valence-electron chi connectivity index (χ2n) is 11.8. The minimum absolute atomic E-state index is 0.0250. The summed E-state index contributed by atoms with van der Waals surface area (Å²) < 4.78 is 39.5. The van der Waals surface area contributed by atoms with Gasteiger partial charge in [-0.25, -0.2) is 0 Å². The van der Waals surface area contributed by atoms with Crippen molar-refractivity contribution in [2.75, 3.05) is 12.4 Å². The fraction of sp³-hybridized carbons (Fsp3) is 0.421. The molecular formula is C38H50ClF3N2. The molecular weight excluding hydrogens is 577 g/mol. The first-order chi connectivity index (χ1) is 20.8. The van der Waals surface area contributed by atoms with Crippen LogP contribution in [0.1, 0.15) is 89.3 Å². The minimum Gasteiger partial charge on any atom is -0.372 e. The largest absolute Gasteiger partial charge is 0.389 e. The van der Waals surface area contributed by atoms with Crippen molar-refractivity contribution in [3.63, 3.8) is 0 Å². The van der Waals surface area contributed by atoms with Gasteiger partial charge in [-0.15, -0.1) is 0 Å². The van der Waals surface area contributed by atoms with Gasteiger partial charge in [-0.2, -0.15) is 13.2 Å². The molecule has 2 aromatic carbocycles. The first-order valence-corrected chi connectivity index (χ1v) is 16.0. The lowest BCUT2D eigenvalue weighted by Gasteiger charge is -2.33. The molecule has 0 amide bonds. The van der Waals surface area contributed by atoms with E-state index < -0.39 is 12.6 Å². The maximum absolute atomic E-state index is 13.2. The molecule has 2 rings (SSSR count). The molecule has 1 N–H and O–H groups in total. The maximum atomic E-state index is 13.2. The molecule has 0 aliphatic carbocycles. The van der Waals surface area contributed by atoms with Gasteiger partial charge in [-0.05, 0) is 84.2 Å². The van der Waals surface area contributed by atoms with Gasteiger partial charge in [-0.1, -0.05) is 114 Å². The Bertz CT molecular complexity index is 1300. The second-order valence-corrected chi connectivity index (χ2v) is 12.2. The van der Waals surface area contributed by atoms with Crippen LogP contribution in [0.3, 0.4) is 0 Å². The molecule has 2 nitrogen and oxygen atoms in total. The van der Waals surface area contributed by atoms with E-state index in [4.69, 9.17) is 11.6 Å². The summed E-state index contributed by atoms with van der Waals surface area (Å²) >= 11 is 6.38. The summed E-state index contributed by atoms with van der Waals surface area (Å²) in [5, 5.41) is 4.01. The summed E-state index contributed by atoms with van der Waals surface area (Å²) in [6.45, 7) is 20.9. The zero-order chi connectivity index (χ0) is 32.9. The van der Waals surface area contributed by atoms with Gasteiger partial charge in [0.05, 0.1) is 6.04 Å². The Morgan fingerprint density at radius 3 is 2.32 bits per heavy atom. The number of nitrogens with one attached hydrogen (secondary N) is 1. The number of anilines is 1. The van der Waals surface area contributed by atoms with Crippen LogP contribution < -0.4 is 5.32 Å². The topological polar surface area (TPSA) is 15.3 Å². The van der Waals surface area contributed by atoms with Gasteiger partial charge in [0.25, 0.3) is 0 Å². The SMILES string of the molecule is C=C/C=C(\C(=C/N(C)C(CC(C)CCCCC)C(=C)Nc1ccc(C(=C)C)cc1)CC)c1cc(Cl)ccc1CCC(F)(F)F. The molecule has 0 saturated heterocycles. The highest BCUT2D eigenvalue weighted by atomic mass is 35.5. The molecule has 0 aliphatic rings. The summed E-state index contributed by atoms with van der Waals surface area (Å²) in [5.41, 5.74) is 7.03. The average Bonchev–Trinajstić information content (AvgIpc) is 2.96. The number of nitrogens with zero attached hydrogens (tertiary/aromatic N) is 1. The molecule has 0 saturated carbocycles. The Kier molecular flexibility index (Phi) is 15.1. The van der Waals surface area contributed by atoms with E-state index in [1.165, 1.54) is 19.3 Å². The summed E-state index contributed by atoms with van der Waals surface area (Å²) in [6.07, 6.45) is 6.65. The fourth-order valence-corrected chi connectivity index (χ4v) is 5.54.